The van der Waals surface area contributed by atoms with Gasteiger partial charge in [0.25, 0.3) is 0 Å². The van der Waals surface area contributed by atoms with Crippen LogP contribution < -0.4 is 5.32 Å². The highest BCUT2D eigenvalue weighted by Crippen LogP contribution is 2.12. The SMILES string of the molecule is Cc1cccnc1NC(=O)CN1CCCCCC1=O. The molecule has 1 aliphatic heterocycles. The number of amides is 2. The zero-order chi connectivity index (χ0) is 13.7. The second kappa shape index (κ2) is 6.31. The molecule has 5 heteroatoms. The Morgan fingerprint density at radius 3 is 3.05 bits per heavy atom. The molecule has 0 unspecified atom stereocenters. The quantitative estimate of drug-likeness (QED) is 0.901. The van der Waals surface area contributed by atoms with Crippen molar-refractivity contribution in [1.82, 2.24) is 9.88 Å². The van der Waals surface area contributed by atoms with Gasteiger partial charge >= 0.3 is 0 Å². The maximum absolute atomic E-state index is 11.9. The topological polar surface area (TPSA) is 62.3 Å². The van der Waals surface area contributed by atoms with Gasteiger partial charge in [0.05, 0.1) is 6.54 Å². The van der Waals surface area contributed by atoms with Crippen molar-refractivity contribution in [2.75, 3.05) is 18.4 Å². The molecule has 1 fully saturated rings. The first-order valence-electron chi connectivity index (χ1n) is 6.66. The summed E-state index contributed by atoms with van der Waals surface area (Å²) in [4.78, 5) is 29.5. The van der Waals surface area contributed by atoms with E-state index in [4.69, 9.17) is 0 Å². The molecule has 19 heavy (non-hydrogen) atoms. The molecule has 1 saturated heterocycles. The van der Waals surface area contributed by atoms with Crippen molar-refractivity contribution in [3.05, 3.63) is 23.9 Å². The van der Waals surface area contributed by atoms with Crippen molar-refractivity contribution in [3.63, 3.8) is 0 Å². The van der Waals surface area contributed by atoms with Crippen molar-refractivity contribution in [1.29, 1.82) is 0 Å². The number of rotatable bonds is 3. The summed E-state index contributed by atoms with van der Waals surface area (Å²) < 4.78 is 0. The summed E-state index contributed by atoms with van der Waals surface area (Å²) in [6, 6.07) is 3.71. The Bertz CT molecular complexity index is 474. The third kappa shape index (κ3) is 3.77. The summed E-state index contributed by atoms with van der Waals surface area (Å²) in [5.74, 6) is 0.456. The lowest BCUT2D eigenvalue weighted by Crippen LogP contribution is -2.37. The second-order valence-electron chi connectivity index (χ2n) is 4.84. The first-order chi connectivity index (χ1) is 9.16. The molecule has 0 spiro atoms. The molecule has 2 rings (SSSR count). The van der Waals surface area contributed by atoms with Gasteiger partial charge in [0, 0.05) is 19.2 Å². The van der Waals surface area contributed by atoms with E-state index in [1.807, 2.05) is 19.1 Å². The van der Waals surface area contributed by atoms with Crippen LogP contribution in [0.3, 0.4) is 0 Å². The average Bonchev–Trinajstić information content (AvgIpc) is 2.58. The number of nitrogens with one attached hydrogen (secondary N) is 1. The molecule has 0 aromatic carbocycles. The van der Waals surface area contributed by atoms with Crippen LogP contribution >= 0.6 is 0 Å². The minimum Gasteiger partial charge on any atom is -0.333 e. The van der Waals surface area contributed by atoms with Crippen LogP contribution in [0.4, 0.5) is 5.82 Å². The Hall–Kier alpha value is -1.91. The third-order valence-corrected chi connectivity index (χ3v) is 3.27. The third-order valence-electron chi connectivity index (χ3n) is 3.27. The predicted molar refractivity (Wildman–Crippen MR) is 72.7 cm³/mol. The van der Waals surface area contributed by atoms with E-state index in [0.717, 1.165) is 24.8 Å². The monoisotopic (exact) mass is 261 g/mol. The first-order valence-corrected chi connectivity index (χ1v) is 6.66. The molecule has 1 aliphatic rings. The fraction of sp³-hybridized carbons (Fsp3) is 0.500. The van der Waals surface area contributed by atoms with Crippen molar-refractivity contribution < 1.29 is 9.59 Å². The second-order valence-corrected chi connectivity index (χ2v) is 4.84. The van der Waals surface area contributed by atoms with E-state index >= 15 is 0 Å². The van der Waals surface area contributed by atoms with Crippen LogP contribution in [-0.4, -0.2) is 34.8 Å². The fourth-order valence-corrected chi connectivity index (χ4v) is 2.17. The number of carbonyl (C=O) groups is 2. The van der Waals surface area contributed by atoms with E-state index in [-0.39, 0.29) is 18.4 Å². The van der Waals surface area contributed by atoms with Crippen LogP contribution in [0.25, 0.3) is 0 Å². The number of aromatic nitrogens is 1. The number of hydrogen-bond acceptors (Lipinski definition) is 3. The number of aryl methyl sites for hydroxylation is 1. The van der Waals surface area contributed by atoms with E-state index in [1.54, 1.807) is 11.1 Å². The van der Waals surface area contributed by atoms with Crippen molar-refractivity contribution in [2.24, 2.45) is 0 Å². The minimum absolute atomic E-state index is 0.0744. The Labute approximate surface area is 113 Å². The minimum atomic E-state index is -0.183. The van der Waals surface area contributed by atoms with E-state index < -0.39 is 0 Å². The number of carbonyl (C=O) groups excluding carboxylic acids is 2. The highest BCUT2D eigenvalue weighted by atomic mass is 16.2. The van der Waals surface area contributed by atoms with Gasteiger partial charge in [-0.3, -0.25) is 9.59 Å². The van der Waals surface area contributed by atoms with Crippen LogP contribution in [0.15, 0.2) is 18.3 Å². The van der Waals surface area contributed by atoms with Crippen LogP contribution in [0.5, 0.6) is 0 Å². The van der Waals surface area contributed by atoms with E-state index in [9.17, 15) is 9.59 Å². The lowest BCUT2D eigenvalue weighted by molar-refractivity contribution is -0.134. The van der Waals surface area contributed by atoms with Crippen LogP contribution in [0.1, 0.15) is 31.2 Å². The zero-order valence-electron chi connectivity index (χ0n) is 11.2. The molecule has 0 bridgehead atoms. The maximum atomic E-state index is 11.9. The number of pyridine rings is 1. The Kier molecular flexibility index (Phi) is 4.49. The van der Waals surface area contributed by atoms with Gasteiger partial charge < -0.3 is 10.2 Å². The summed E-state index contributed by atoms with van der Waals surface area (Å²) in [6.45, 7) is 2.68. The van der Waals surface area contributed by atoms with Crippen molar-refractivity contribution in [3.8, 4) is 0 Å². The zero-order valence-corrected chi connectivity index (χ0v) is 11.2. The summed E-state index contributed by atoms with van der Waals surface area (Å²) in [6.07, 6.45) is 5.15. The number of nitrogens with zero attached hydrogens (tertiary/aromatic N) is 2. The Morgan fingerprint density at radius 1 is 1.42 bits per heavy atom. The molecule has 0 radical (unpaired) electrons. The van der Waals surface area contributed by atoms with Crippen molar-refractivity contribution in [2.45, 2.75) is 32.6 Å². The van der Waals surface area contributed by atoms with Gasteiger partial charge in [-0.2, -0.15) is 0 Å². The number of hydrogen-bond donors (Lipinski definition) is 1. The summed E-state index contributed by atoms with van der Waals surface area (Å²) in [5.41, 5.74) is 0.915. The molecular weight excluding hydrogens is 242 g/mol. The van der Waals surface area contributed by atoms with E-state index in [1.165, 1.54) is 0 Å². The van der Waals surface area contributed by atoms with Gasteiger partial charge in [0.15, 0.2) is 0 Å². The van der Waals surface area contributed by atoms with Crippen LogP contribution in [0, 0.1) is 6.92 Å². The van der Waals surface area contributed by atoms with Gasteiger partial charge in [-0.1, -0.05) is 12.5 Å². The van der Waals surface area contributed by atoms with Crippen LogP contribution in [0.2, 0.25) is 0 Å². The predicted octanol–water partition coefficient (Wildman–Crippen LogP) is 1.73. The van der Waals surface area contributed by atoms with E-state index in [0.29, 0.717) is 18.8 Å². The summed E-state index contributed by atoms with van der Waals surface area (Å²) in [5, 5.41) is 2.75. The lowest BCUT2D eigenvalue weighted by Gasteiger charge is -2.19. The Morgan fingerprint density at radius 2 is 2.26 bits per heavy atom. The molecular formula is C14H19N3O2. The molecule has 0 atom stereocenters. The van der Waals surface area contributed by atoms with Gasteiger partial charge in [-0.15, -0.1) is 0 Å². The lowest BCUT2D eigenvalue weighted by atomic mass is 10.2. The Balaban J connectivity index is 1.93. The fourth-order valence-electron chi connectivity index (χ4n) is 2.17. The van der Waals surface area contributed by atoms with Gasteiger partial charge in [-0.25, -0.2) is 4.98 Å². The maximum Gasteiger partial charge on any atom is 0.245 e. The molecule has 2 amide bonds. The number of anilines is 1. The molecule has 0 aliphatic carbocycles. The molecule has 1 N–H and O–H groups in total. The molecule has 5 nitrogen and oxygen atoms in total. The van der Waals surface area contributed by atoms with Crippen molar-refractivity contribution >= 4 is 17.6 Å². The normalized spacial score (nSPS) is 16.1. The summed E-state index contributed by atoms with van der Waals surface area (Å²) in [7, 11) is 0. The van der Waals surface area contributed by atoms with Crippen LogP contribution in [-0.2, 0) is 9.59 Å². The molecule has 102 valence electrons. The smallest absolute Gasteiger partial charge is 0.245 e. The standard InChI is InChI=1S/C14H19N3O2/c1-11-6-5-8-15-14(11)16-12(18)10-17-9-4-2-3-7-13(17)19/h5-6,8H,2-4,7,9-10H2,1H3,(H,15,16,18). The largest absolute Gasteiger partial charge is 0.333 e. The van der Waals surface area contributed by atoms with E-state index in [2.05, 4.69) is 10.3 Å². The first kappa shape index (κ1) is 13.5. The molecule has 2 heterocycles. The van der Waals surface area contributed by atoms with Gasteiger partial charge in [0.1, 0.15) is 5.82 Å². The summed E-state index contributed by atoms with van der Waals surface area (Å²) >= 11 is 0. The van der Waals surface area contributed by atoms with Gasteiger partial charge in [-0.05, 0) is 31.4 Å². The highest BCUT2D eigenvalue weighted by molar-refractivity contribution is 5.94. The average molecular weight is 261 g/mol. The highest BCUT2D eigenvalue weighted by Gasteiger charge is 2.19. The molecule has 1 aromatic heterocycles. The molecule has 0 saturated carbocycles. The molecule has 1 aromatic rings. The van der Waals surface area contributed by atoms with Gasteiger partial charge in [0.2, 0.25) is 11.8 Å². The number of likely N-dealkylation sites (tertiary alicyclic amines) is 1.